The van der Waals surface area contributed by atoms with E-state index in [0.717, 1.165) is 6.07 Å². The van der Waals surface area contributed by atoms with Crippen molar-refractivity contribution in [3.05, 3.63) is 65.6 Å². The summed E-state index contributed by atoms with van der Waals surface area (Å²) >= 11 is 0. The number of anilines is 1. The number of nitrogens with two attached hydrogens (primary N) is 1. The molecule has 10 heteroatoms. The molecule has 180 valence electrons. The smallest absolute Gasteiger partial charge is 0.433 e. The minimum Gasteiger partial charge on any atom is -0.497 e. The van der Waals surface area contributed by atoms with Gasteiger partial charge in [-0.3, -0.25) is 4.79 Å². The second kappa shape index (κ2) is 9.46. The Bertz CT molecular complexity index is 1180. The summed E-state index contributed by atoms with van der Waals surface area (Å²) in [4.78, 5) is 16.3. The number of nitrogens with zero attached hydrogens (tertiary/aromatic N) is 1. The van der Waals surface area contributed by atoms with Gasteiger partial charge in [0, 0.05) is 29.4 Å². The maximum atomic E-state index is 14.6. The second-order valence-electron chi connectivity index (χ2n) is 8.25. The van der Waals surface area contributed by atoms with Crippen molar-refractivity contribution in [2.75, 3.05) is 12.4 Å². The number of carbonyl (C=O) groups excluding carboxylic acids is 1. The quantitative estimate of drug-likeness (QED) is 0.472. The van der Waals surface area contributed by atoms with Crippen LogP contribution in [0.4, 0.5) is 23.2 Å². The summed E-state index contributed by atoms with van der Waals surface area (Å²) in [5, 5.41) is 5.89. The van der Waals surface area contributed by atoms with Crippen LogP contribution in [0.5, 0.6) is 5.75 Å². The average molecular weight is 476 g/mol. The van der Waals surface area contributed by atoms with Crippen LogP contribution in [0.25, 0.3) is 10.9 Å². The second-order valence-corrected chi connectivity index (χ2v) is 8.25. The number of carbonyl (C=O) groups is 1. The molecule has 0 saturated heterocycles. The van der Waals surface area contributed by atoms with Crippen LogP contribution in [0.2, 0.25) is 0 Å². The number of ether oxygens (including phenoxy) is 1. The van der Waals surface area contributed by atoms with Crippen LogP contribution in [0, 0.1) is 5.82 Å². The number of aromatic nitrogens is 1. The molecular weight excluding hydrogens is 452 g/mol. The molecule has 3 aromatic rings. The first kappa shape index (κ1) is 23.7. The fraction of sp³-hybridized carbons (Fsp3) is 0.333. The van der Waals surface area contributed by atoms with Gasteiger partial charge in [-0.05, 0) is 61.7 Å². The SMILES string of the molecule is COc1ccc(C(=O)N[C@@H]2CCCC(Nc3cc(C(F)(F)F)nc4cccc(F)c34)C2N)cc1. The first-order valence-electron chi connectivity index (χ1n) is 10.8. The standard InChI is InChI=1S/C24H24F4N4O2/c1-34-14-10-8-13(9-11-14)23(33)32-18-7-3-6-17(22(18)29)30-19-12-20(24(26,27)28)31-16-5-2-4-15(25)21(16)19/h2,4-5,8-12,17-18,22H,3,6-7,29H2,1H3,(H,30,31)(H,32,33)/t17?,18-,22?/m1/s1. The van der Waals surface area contributed by atoms with E-state index >= 15 is 0 Å². The van der Waals surface area contributed by atoms with Gasteiger partial charge in [0.05, 0.1) is 18.0 Å². The van der Waals surface area contributed by atoms with Crippen molar-refractivity contribution in [2.45, 2.75) is 43.6 Å². The summed E-state index contributed by atoms with van der Waals surface area (Å²) in [6.07, 6.45) is -2.85. The maximum absolute atomic E-state index is 14.6. The van der Waals surface area contributed by atoms with E-state index in [9.17, 15) is 22.4 Å². The number of hydrogen-bond donors (Lipinski definition) is 3. The zero-order valence-corrected chi connectivity index (χ0v) is 18.3. The van der Waals surface area contributed by atoms with E-state index in [-0.39, 0.29) is 22.5 Å². The van der Waals surface area contributed by atoms with Gasteiger partial charge in [0.25, 0.3) is 5.91 Å². The summed E-state index contributed by atoms with van der Waals surface area (Å²) in [6.45, 7) is 0. The van der Waals surface area contributed by atoms with Crippen LogP contribution in [-0.2, 0) is 6.18 Å². The van der Waals surface area contributed by atoms with E-state index in [2.05, 4.69) is 15.6 Å². The van der Waals surface area contributed by atoms with E-state index < -0.39 is 35.8 Å². The van der Waals surface area contributed by atoms with Crippen LogP contribution in [0.3, 0.4) is 0 Å². The third-order valence-electron chi connectivity index (χ3n) is 6.04. The summed E-state index contributed by atoms with van der Waals surface area (Å²) in [5.74, 6) is -0.385. The first-order chi connectivity index (χ1) is 16.2. The number of hydrogen-bond acceptors (Lipinski definition) is 5. The molecule has 1 amide bonds. The molecule has 2 unspecified atom stereocenters. The third kappa shape index (κ3) is 4.91. The number of nitrogens with one attached hydrogen (secondary N) is 2. The van der Waals surface area contributed by atoms with Gasteiger partial charge in [-0.25, -0.2) is 9.37 Å². The molecule has 0 radical (unpaired) electrons. The topological polar surface area (TPSA) is 89.3 Å². The molecule has 6 nitrogen and oxygen atoms in total. The zero-order chi connectivity index (χ0) is 24.5. The van der Waals surface area contributed by atoms with Crippen molar-refractivity contribution in [3.63, 3.8) is 0 Å². The molecule has 0 aliphatic heterocycles. The van der Waals surface area contributed by atoms with Crippen LogP contribution < -0.4 is 21.1 Å². The van der Waals surface area contributed by atoms with E-state index in [0.29, 0.717) is 30.6 Å². The Kier molecular flexibility index (Phi) is 6.60. The zero-order valence-electron chi connectivity index (χ0n) is 18.3. The number of methoxy groups -OCH3 is 1. The Morgan fingerprint density at radius 3 is 2.50 bits per heavy atom. The van der Waals surface area contributed by atoms with E-state index in [1.54, 1.807) is 24.3 Å². The predicted molar refractivity (Wildman–Crippen MR) is 120 cm³/mol. The molecule has 0 bridgehead atoms. The minimum atomic E-state index is -4.69. The number of pyridine rings is 1. The van der Waals surface area contributed by atoms with Gasteiger partial charge in [0.2, 0.25) is 0 Å². The molecular formula is C24H24F4N4O2. The lowest BCUT2D eigenvalue weighted by Crippen LogP contribution is -2.57. The van der Waals surface area contributed by atoms with Crippen LogP contribution in [0.15, 0.2) is 48.5 Å². The van der Waals surface area contributed by atoms with Crippen LogP contribution in [-0.4, -0.2) is 36.1 Å². The Balaban J connectivity index is 1.56. The lowest BCUT2D eigenvalue weighted by molar-refractivity contribution is -0.140. The highest BCUT2D eigenvalue weighted by atomic mass is 19.4. The number of fused-ring (bicyclic) bond motifs is 1. The van der Waals surface area contributed by atoms with Crippen LogP contribution >= 0.6 is 0 Å². The van der Waals surface area contributed by atoms with Crippen molar-refractivity contribution in [1.29, 1.82) is 0 Å². The lowest BCUT2D eigenvalue weighted by atomic mass is 9.86. The first-order valence-corrected chi connectivity index (χ1v) is 10.8. The third-order valence-corrected chi connectivity index (χ3v) is 6.04. The van der Waals surface area contributed by atoms with Gasteiger partial charge in [-0.15, -0.1) is 0 Å². The number of alkyl halides is 3. The molecule has 1 heterocycles. The van der Waals surface area contributed by atoms with Crippen molar-refractivity contribution < 1.29 is 27.1 Å². The molecule has 3 atom stereocenters. The van der Waals surface area contributed by atoms with Crippen molar-refractivity contribution >= 4 is 22.5 Å². The highest BCUT2D eigenvalue weighted by molar-refractivity contribution is 5.94. The van der Waals surface area contributed by atoms with E-state index in [4.69, 9.17) is 10.5 Å². The van der Waals surface area contributed by atoms with Gasteiger partial charge in [-0.1, -0.05) is 6.07 Å². The molecule has 1 aliphatic rings. The van der Waals surface area contributed by atoms with Crippen molar-refractivity contribution in [2.24, 2.45) is 5.73 Å². The van der Waals surface area contributed by atoms with Crippen molar-refractivity contribution in [3.8, 4) is 5.75 Å². The molecule has 0 spiro atoms. The minimum absolute atomic E-state index is 0.0296. The largest absolute Gasteiger partial charge is 0.497 e. The van der Waals surface area contributed by atoms with Gasteiger partial charge in [0.1, 0.15) is 17.3 Å². The highest BCUT2D eigenvalue weighted by Crippen LogP contribution is 2.35. The lowest BCUT2D eigenvalue weighted by Gasteiger charge is -2.37. The highest BCUT2D eigenvalue weighted by Gasteiger charge is 2.36. The van der Waals surface area contributed by atoms with Gasteiger partial charge in [-0.2, -0.15) is 13.2 Å². The van der Waals surface area contributed by atoms with E-state index in [1.807, 2.05) is 0 Å². The van der Waals surface area contributed by atoms with Gasteiger partial charge in [0.15, 0.2) is 0 Å². The average Bonchev–Trinajstić information content (AvgIpc) is 2.81. The molecule has 4 N–H and O–H groups in total. The monoisotopic (exact) mass is 476 g/mol. The number of amides is 1. The maximum Gasteiger partial charge on any atom is 0.433 e. The Morgan fingerprint density at radius 2 is 1.82 bits per heavy atom. The predicted octanol–water partition coefficient (Wildman–Crippen LogP) is 4.49. The Hall–Kier alpha value is -3.40. The van der Waals surface area contributed by atoms with Gasteiger partial charge < -0.3 is 21.1 Å². The van der Waals surface area contributed by atoms with Gasteiger partial charge >= 0.3 is 6.18 Å². The van der Waals surface area contributed by atoms with Crippen LogP contribution in [0.1, 0.15) is 35.3 Å². The molecule has 1 fully saturated rings. The molecule has 2 aromatic carbocycles. The molecule has 1 aliphatic carbocycles. The summed E-state index contributed by atoms with van der Waals surface area (Å²) < 4.78 is 59.9. The van der Waals surface area contributed by atoms with E-state index in [1.165, 1.54) is 25.3 Å². The van der Waals surface area contributed by atoms with Crippen molar-refractivity contribution in [1.82, 2.24) is 10.3 Å². The molecule has 1 aromatic heterocycles. The Labute approximate surface area is 193 Å². The molecule has 1 saturated carbocycles. The fourth-order valence-electron chi connectivity index (χ4n) is 4.26. The molecule has 34 heavy (non-hydrogen) atoms. The summed E-state index contributed by atoms with van der Waals surface area (Å²) in [6, 6.07) is 9.69. The summed E-state index contributed by atoms with van der Waals surface area (Å²) in [5.41, 5.74) is 5.59. The fourth-order valence-corrected chi connectivity index (χ4v) is 4.26. The molecule has 4 rings (SSSR count). The number of rotatable bonds is 5. The Morgan fingerprint density at radius 1 is 1.12 bits per heavy atom. The number of halogens is 4. The number of benzene rings is 2. The normalized spacial score (nSPS) is 20.7. The summed E-state index contributed by atoms with van der Waals surface area (Å²) in [7, 11) is 1.53.